The summed E-state index contributed by atoms with van der Waals surface area (Å²) in [5.74, 6) is 1.00. The predicted octanol–water partition coefficient (Wildman–Crippen LogP) is 3.74. The summed E-state index contributed by atoms with van der Waals surface area (Å²) in [6.07, 6.45) is 1.67. The lowest BCUT2D eigenvalue weighted by Crippen LogP contribution is -2.47. The fourth-order valence-corrected chi connectivity index (χ4v) is 4.35. The number of piperidine rings is 1. The molecule has 0 radical (unpaired) electrons. The average Bonchev–Trinajstić information content (AvgIpc) is 2.87. The summed E-state index contributed by atoms with van der Waals surface area (Å²) >= 11 is 0. The number of para-hydroxylation sites is 1. The lowest BCUT2D eigenvalue weighted by Gasteiger charge is -2.48. The van der Waals surface area contributed by atoms with Gasteiger partial charge in [0, 0.05) is 35.6 Å². The number of H-pyrrole nitrogens is 1. The van der Waals surface area contributed by atoms with Crippen molar-refractivity contribution < 1.29 is 4.79 Å². The van der Waals surface area contributed by atoms with E-state index >= 15 is 0 Å². The van der Waals surface area contributed by atoms with Crippen LogP contribution in [0.25, 0.3) is 16.5 Å². The Kier molecular flexibility index (Phi) is 2.56. The van der Waals surface area contributed by atoms with Crippen molar-refractivity contribution in [2.24, 2.45) is 11.8 Å². The quantitative estimate of drug-likeness (QED) is 0.848. The van der Waals surface area contributed by atoms with E-state index in [-0.39, 0.29) is 17.9 Å². The predicted molar refractivity (Wildman–Crippen MR) is 84.7 cm³/mol. The van der Waals surface area contributed by atoms with Crippen LogP contribution in [-0.4, -0.2) is 22.8 Å². The van der Waals surface area contributed by atoms with E-state index in [9.17, 15) is 4.79 Å². The van der Waals surface area contributed by atoms with Gasteiger partial charge in [-0.2, -0.15) is 0 Å². The third-order valence-corrected chi connectivity index (χ3v) is 5.41. The maximum Gasteiger partial charge on any atom is 0.223 e. The number of aromatic amines is 1. The number of carbonyl (C=O) groups excluding carboxylic acids is 1. The van der Waals surface area contributed by atoms with E-state index in [0.29, 0.717) is 12.3 Å². The van der Waals surface area contributed by atoms with Gasteiger partial charge in [0.25, 0.3) is 0 Å². The number of aromatic nitrogens is 1. The van der Waals surface area contributed by atoms with Gasteiger partial charge in [0.1, 0.15) is 0 Å². The van der Waals surface area contributed by atoms with Crippen LogP contribution >= 0.6 is 0 Å². The molecule has 1 aliphatic carbocycles. The van der Waals surface area contributed by atoms with Crippen molar-refractivity contribution in [2.75, 3.05) is 7.05 Å². The number of amides is 1. The summed E-state index contributed by atoms with van der Waals surface area (Å²) in [7, 11) is 1.95. The molecule has 1 fully saturated rings. The molecule has 1 saturated heterocycles. The summed E-state index contributed by atoms with van der Waals surface area (Å²) in [5, 5.41) is 1.23. The van der Waals surface area contributed by atoms with E-state index in [1.807, 2.05) is 18.0 Å². The standard InChI is InChI=1S/C18H20N2O/c1-4-11-13-9-15(21)20(3)18(11)16-12-7-5-6-8-14(12)19-17(16)10(13)2/h5-8,11,13,18-19H,2,4,9H2,1,3H3/t11-,13+,18+/m0/s1. The Morgan fingerprint density at radius 1 is 1.38 bits per heavy atom. The van der Waals surface area contributed by atoms with E-state index in [0.717, 1.165) is 23.2 Å². The SMILES string of the molecule is C=C1c2[nH]c3ccccc3c2[C@H]2[C@@H](CC)[C@@H]1CC(=O)N2C. The van der Waals surface area contributed by atoms with E-state index in [1.165, 1.54) is 10.9 Å². The molecule has 1 aliphatic heterocycles. The van der Waals surface area contributed by atoms with Gasteiger partial charge >= 0.3 is 0 Å². The molecular weight excluding hydrogens is 260 g/mol. The summed E-state index contributed by atoms with van der Waals surface area (Å²) in [5.41, 5.74) is 4.70. The van der Waals surface area contributed by atoms with Crippen LogP contribution in [0.5, 0.6) is 0 Å². The molecule has 3 atom stereocenters. The number of nitrogens with zero attached hydrogens (tertiary/aromatic N) is 1. The van der Waals surface area contributed by atoms with Crippen LogP contribution in [0.2, 0.25) is 0 Å². The number of allylic oxidation sites excluding steroid dienone is 1. The van der Waals surface area contributed by atoms with Crippen LogP contribution in [0.3, 0.4) is 0 Å². The Balaban J connectivity index is 2.04. The minimum absolute atomic E-state index is 0.179. The van der Waals surface area contributed by atoms with Crippen LogP contribution < -0.4 is 0 Å². The van der Waals surface area contributed by atoms with Crippen LogP contribution in [-0.2, 0) is 4.79 Å². The number of fused-ring (bicyclic) bond motifs is 6. The number of nitrogens with one attached hydrogen (secondary N) is 1. The minimum Gasteiger partial charge on any atom is -0.355 e. The fraction of sp³-hybridized carbons (Fsp3) is 0.389. The number of likely N-dealkylation sites (tertiary alicyclic amines) is 1. The molecule has 2 bridgehead atoms. The molecule has 2 heterocycles. The number of carbonyl (C=O) groups is 1. The van der Waals surface area contributed by atoms with Crippen LogP contribution in [0, 0.1) is 11.8 Å². The second kappa shape index (κ2) is 4.23. The van der Waals surface area contributed by atoms with Crippen LogP contribution in [0.1, 0.15) is 37.1 Å². The molecule has 2 aliphatic rings. The van der Waals surface area contributed by atoms with Gasteiger partial charge in [0.05, 0.1) is 6.04 Å². The van der Waals surface area contributed by atoms with Crippen molar-refractivity contribution in [3.05, 3.63) is 42.1 Å². The molecule has 3 nitrogen and oxygen atoms in total. The molecular formula is C18H20N2O. The summed E-state index contributed by atoms with van der Waals surface area (Å²) in [6, 6.07) is 8.55. The molecule has 0 unspecified atom stereocenters. The number of hydrogen-bond donors (Lipinski definition) is 1. The highest BCUT2D eigenvalue weighted by Crippen LogP contribution is 2.53. The first-order valence-electron chi connectivity index (χ1n) is 7.69. The topological polar surface area (TPSA) is 36.1 Å². The van der Waals surface area contributed by atoms with Crippen LogP contribution in [0.4, 0.5) is 0 Å². The first-order valence-corrected chi connectivity index (χ1v) is 7.69. The van der Waals surface area contributed by atoms with E-state index in [2.05, 4.69) is 36.7 Å². The van der Waals surface area contributed by atoms with Crippen molar-refractivity contribution in [1.29, 1.82) is 0 Å². The first-order chi connectivity index (χ1) is 10.1. The van der Waals surface area contributed by atoms with Gasteiger partial charge in [-0.15, -0.1) is 0 Å². The molecule has 4 rings (SSSR count). The van der Waals surface area contributed by atoms with Crippen molar-refractivity contribution in [2.45, 2.75) is 25.8 Å². The zero-order valence-corrected chi connectivity index (χ0v) is 12.5. The van der Waals surface area contributed by atoms with E-state index in [1.54, 1.807) is 0 Å². The summed E-state index contributed by atoms with van der Waals surface area (Å²) in [6.45, 7) is 6.55. The molecule has 0 saturated carbocycles. The zero-order valence-electron chi connectivity index (χ0n) is 12.5. The van der Waals surface area contributed by atoms with Crippen molar-refractivity contribution >= 4 is 22.4 Å². The van der Waals surface area contributed by atoms with Gasteiger partial charge in [-0.3, -0.25) is 4.79 Å². The monoisotopic (exact) mass is 280 g/mol. The van der Waals surface area contributed by atoms with E-state index in [4.69, 9.17) is 0 Å². The highest BCUT2D eigenvalue weighted by Gasteiger charge is 2.47. The lowest BCUT2D eigenvalue weighted by molar-refractivity contribution is -0.139. The van der Waals surface area contributed by atoms with Gasteiger partial charge in [0.15, 0.2) is 0 Å². The maximum atomic E-state index is 12.4. The highest BCUT2D eigenvalue weighted by molar-refractivity contribution is 5.94. The number of rotatable bonds is 1. The van der Waals surface area contributed by atoms with E-state index < -0.39 is 0 Å². The van der Waals surface area contributed by atoms with Crippen molar-refractivity contribution in [3.8, 4) is 0 Å². The molecule has 21 heavy (non-hydrogen) atoms. The molecule has 108 valence electrons. The zero-order chi connectivity index (χ0) is 14.7. The molecule has 2 aromatic rings. The van der Waals surface area contributed by atoms with Gasteiger partial charge in [-0.25, -0.2) is 0 Å². The molecule has 1 aromatic heterocycles. The largest absolute Gasteiger partial charge is 0.355 e. The third kappa shape index (κ3) is 1.52. The lowest BCUT2D eigenvalue weighted by atomic mass is 9.66. The Hall–Kier alpha value is -2.03. The fourth-order valence-electron chi connectivity index (χ4n) is 4.35. The normalized spacial score (nSPS) is 28.1. The Morgan fingerprint density at radius 3 is 2.90 bits per heavy atom. The summed E-state index contributed by atoms with van der Waals surface area (Å²) in [4.78, 5) is 17.8. The smallest absolute Gasteiger partial charge is 0.223 e. The average molecular weight is 280 g/mol. The number of hydrogen-bond acceptors (Lipinski definition) is 1. The van der Waals surface area contributed by atoms with Crippen molar-refractivity contribution in [3.63, 3.8) is 0 Å². The maximum absolute atomic E-state index is 12.4. The first kappa shape index (κ1) is 12.7. The van der Waals surface area contributed by atoms with Gasteiger partial charge in [-0.05, 0) is 23.5 Å². The summed E-state index contributed by atoms with van der Waals surface area (Å²) < 4.78 is 0. The molecule has 0 spiro atoms. The molecule has 1 aromatic carbocycles. The van der Waals surface area contributed by atoms with Crippen LogP contribution in [0.15, 0.2) is 30.8 Å². The Labute approximate surface area is 124 Å². The van der Waals surface area contributed by atoms with Gasteiger partial charge < -0.3 is 9.88 Å². The molecule has 1 amide bonds. The number of benzene rings is 1. The third-order valence-electron chi connectivity index (χ3n) is 5.41. The Morgan fingerprint density at radius 2 is 2.14 bits per heavy atom. The second-order valence-corrected chi connectivity index (χ2v) is 6.32. The Bertz CT molecular complexity index is 758. The van der Waals surface area contributed by atoms with Gasteiger partial charge in [-0.1, -0.05) is 38.1 Å². The molecule has 3 heteroatoms. The minimum atomic E-state index is 0.179. The second-order valence-electron chi connectivity index (χ2n) is 6.32. The van der Waals surface area contributed by atoms with Crippen molar-refractivity contribution in [1.82, 2.24) is 9.88 Å². The molecule has 1 N–H and O–H groups in total. The highest BCUT2D eigenvalue weighted by atomic mass is 16.2. The van der Waals surface area contributed by atoms with Gasteiger partial charge in [0.2, 0.25) is 5.91 Å².